The maximum atomic E-state index is 12.2. The fourth-order valence-corrected chi connectivity index (χ4v) is 4.33. The van der Waals surface area contributed by atoms with Crippen molar-refractivity contribution in [2.24, 2.45) is 5.92 Å². The number of sulfonamides is 1. The van der Waals surface area contributed by atoms with Gasteiger partial charge in [0.1, 0.15) is 0 Å². The summed E-state index contributed by atoms with van der Waals surface area (Å²) in [5.41, 5.74) is 1.80. The first-order valence-corrected chi connectivity index (χ1v) is 11.3. The van der Waals surface area contributed by atoms with Crippen LogP contribution in [0.5, 0.6) is 0 Å². The highest BCUT2D eigenvalue weighted by atomic mass is 32.2. The molecule has 0 aliphatic heterocycles. The predicted octanol–water partition coefficient (Wildman–Crippen LogP) is 3.45. The molecule has 6 heteroatoms. The minimum Gasteiger partial charge on any atom is -0.354 e. The number of rotatable bonds is 6. The molecule has 1 amide bonds. The third kappa shape index (κ3) is 5.73. The van der Waals surface area contributed by atoms with Crippen molar-refractivity contribution in [1.82, 2.24) is 5.32 Å². The van der Waals surface area contributed by atoms with Crippen molar-refractivity contribution in [3.8, 4) is 0 Å². The Labute approximate surface area is 158 Å². The van der Waals surface area contributed by atoms with Crippen molar-refractivity contribution in [3.63, 3.8) is 0 Å². The molecule has 0 spiro atoms. The van der Waals surface area contributed by atoms with Gasteiger partial charge in [-0.1, -0.05) is 52.2 Å². The van der Waals surface area contributed by atoms with Crippen LogP contribution in [-0.2, 0) is 20.2 Å². The average Bonchev–Trinajstić information content (AvgIpc) is 2.57. The maximum Gasteiger partial charge on any atom is 0.232 e. The van der Waals surface area contributed by atoms with Gasteiger partial charge in [-0.2, -0.15) is 0 Å². The highest BCUT2D eigenvalue weighted by Crippen LogP contribution is 2.26. The number of nitrogens with zero attached hydrogens (tertiary/aromatic N) is 1. The monoisotopic (exact) mass is 380 g/mol. The van der Waals surface area contributed by atoms with Crippen LogP contribution in [0.2, 0.25) is 0 Å². The molecule has 1 aromatic carbocycles. The van der Waals surface area contributed by atoms with Gasteiger partial charge in [-0.05, 0) is 36.0 Å². The second-order valence-corrected chi connectivity index (χ2v) is 10.2. The number of anilines is 1. The Morgan fingerprint density at radius 3 is 2.19 bits per heavy atom. The van der Waals surface area contributed by atoms with Gasteiger partial charge in [0.05, 0.1) is 18.5 Å². The summed E-state index contributed by atoms with van der Waals surface area (Å²) in [5.74, 6) is 0.141. The molecule has 1 aliphatic rings. The molecule has 0 bridgehead atoms. The van der Waals surface area contributed by atoms with Gasteiger partial charge in [0, 0.05) is 12.5 Å². The lowest BCUT2D eigenvalue weighted by molar-refractivity contribution is -0.125. The van der Waals surface area contributed by atoms with Crippen LogP contribution in [0.25, 0.3) is 0 Å². The molecule has 0 saturated heterocycles. The summed E-state index contributed by atoms with van der Waals surface area (Å²) in [7, 11) is -3.41. The first-order chi connectivity index (χ1) is 12.1. The normalized spacial score (nSPS) is 16.3. The molecule has 0 unspecified atom stereocenters. The summed E-state index contributed by atoms with van der Waals surface area (Å²) >= 11 is 0. The van der Waals surface area contributed by atoms with Crippen molar-refractivity contribution < 1.29 is 13.2 Å². The van der Waals surface area contributed by atoms with E-state index in [-0.39, 0.29) is 23.8 Å². The summed E-state index contributed by atoms with van der Waals surface area (Å²) < 4.78 is 25.8. The molecule has 0 heterocycles. The maximum absolute atomic E-state index is 12.2. The second-order valence-electron chi connectivity index (χ2n) is 8.26. The first-order valence-electron chi connectivity index (χ1n) is 9.45. The van der Waals surface area contributed by atoms with Crippen LogP contribution in [0.1, 0.15) is 58.4 Å². The third-order valence-corrected chi connectivity index (χ3v) is 6.21. The Morgan fingerprint density at radius 1 is 1.12 bits per heavy atom. The average molecular weight is 381 g/mol. The van der Waals surface area contributed by atoms with Crippen LogP contribution >= 0.6 is 0 Å². The molecule has 1 fully saturated rings. The quantitative estimate of drug-likeness (QED) is 0.822. The van der Waals surface area contributed by atoms with Gasteiger partial charge in [0.2, 0.25) is 15.9 Å². The first kappa shape index (κ1) is 20.7. The van der Waals surface area contributed by atoms with Gasteiger partial charge in [-0.3, -0.25) is 9.10 Å². The smallest absolute Gasteiger partial charge is 0.232 e. The summed E-state index contributed by atoms with van der Waals surface area (Å²) in [6.45, 7) is 6.93. The fraction of sp³-hybridized carbons (Fsp3) is 0.650. The van der Waals surface area contributed by atoms with Crippen LogP contribution < -0.4 is 9.62 Å². The number of benzene rings is 1. The lowest BCUT2D eigenvalue weighted by Gasteiger charge is -2.25. The molecule has 1 aromatic rings. The number of carbonyl (C=O) groups is 1. The van der Waals surface area contributed by atoms with E-state index in [1.165, 1.54) is 17.0 Å². The number of carbonyl (C=O) groups excluding carboxylic acids is 1. The summed E-state index contributed by atoms with van der Waals surface area (Å²) in [4.78, 5) is 12.2. The zero-order valence-corrected chi connectivity index (χ0v) is 17.2. The van der Waals surface area contributed by atoms with E-state index in [4.69, 9.17) is 0 Å². The van der Waals surface area contributed by atoms with E-state index in [2.05, 4.69) is 26.1 Å². The van der Waals surface area contributed by atoms with E-state index >= 15 is 0 Å². The fourth-order valence-electron chi connectivity index (χ4n) is 3.40. The molecule has 1 saturated carbocycles. The second kappa shape index (κ2) is 8.42. The van der Waals surface area contributed by atoms with Crippen molar-refractivity contribution in [2.45, 2.75) is 58.3 Å². The largest absolute Gasteiger partial charge is 0.354 e. The van der Waals surface area contributed by atoms with Gasteiger partial charge in [0.15, 0.2) is 0 Å². The zero-order valence-electron chi connectivity index (χ0n) is 16.4. The minimum atomic E-state index is -3.41. The Morgan fingerprint density at radius 2 is 1.69 bits per heavy atom. The number of hydrogen-bond acceptors (Lipinski definition) is 3. The SMILES string of the molecule is CC(C)(C)c1ccc(N(CCNC(=O)C2CCCCC2)S(C)(=O)=O)cc1. The lowest BCUT2D eigenvalue weighted by Crippen LogP contribution is -2.40. The molecular formula is C20H32N2O3S. The molecule has 5 nitrogen and oxygen atoms in total. The van der Waals surface area contributed by atoms with Gasteiger partial charge in [0.25, 0.3) is 0 Å². The van der Waals surface area contributed by atoms with Crippen molar-refractivity contribution in [3.05, 3.63) is 29.8 Å². The third-order valence-electron chi connectivity index (χ3n) is 5.01. The molecule has 0 aromatic heterocycles. The van der Waals surface area contributed by atoms with Gasteiger partial charge in [-0.15, -0.1) is 0 Å². The number of amides is 1. The van der Waals surface area contributed by atoms with Crippen molar-refractivity contribution >= 4 is 21.6 Å². The van der Waals surface area contributed by atoms with Crippen LogP contribution in [-0.4, -0.2) is 33.7 Å². The highest BCUT2D eigenvalue weighted by molar-refractivity contribution is 7.92. The molecule has 146 valence electrons. The standard InChI is InChI=1S/C20H32N2O3S/c1-20(2,3)17-10-12-18(13-11-17)22(26(4,24)25)15-14-21-19(23)16-8-6-5-7-9-16/h10-13,16H,5-9,14-15H2,1-4H3,(H,21,23). The number of nitrogens with one attached hydrogen (secondary N) is 1. The van der Waals surface area contributed by atoms with Crippen LogP contribution in [0.3, 0.4) is 0 Å². The molecule has 1 aliphatic carbocycles. The molecular weight excluding hydrogens is 348 g/mol. The Hall–Kier alpha value is -1.56. The number of hydrogen-bond donors (Lipinski definition) is 1. The topological polar surface area (TPSA) is 66.5 Å². The minimum absolute atomic E-state index is 0.0163. The summed E-state index contributed by atoms with van der Waals surface area (Å²) in [6.07, 6.45) is 6.50. The molecule has 2 rings (SSSR count). The van der Waals surface area contributed by atoms with E-state index < -0.39 is 10.0 Å². The van der Waals surface area contributed by atoms with Gasteiger partial charge >= 0.3 is 0 Å². The predicted molar refractivity (Wildman–Crippen MR) is 107 cm³/mol. The molecule has 0 radical (unpaired) electrons. The van der Waals surface area contributed by atoms with Crippen LogP contribution in [0.4, 0.5) is 5.69 Å². The van der Waals surface area contributed by atoms with Gasteiger partial charge < -0.3 is 5.32 Å². The van der Waals surface area contributed by atoms with E-state index in [9.17, 15) is 13.2 Å². The zero-order chi connectivity index (χ0) is 19.4. The summed E-state index contributed by atoms with van der Waals surface area (Å²) in [6, 6.07) is 7.61. The Balaban J connectivity index is 2.00. The van der Waals surface area contributed by atoms with E-state index in [0.717, 1.165) is 31.2 Å². The lowest BCUT2D eigenvalue weighted by atomic mass is 9.87. The summed E-state index contributed by atoms with van der Waals surface area (Å²) in [5, 5.41) is 2.92. The van der Waals surface area contributed by atoms with Crippen LogP contribution in [0, 0.1) is 5.92 Å². The molecule has 26 heavy (non-hydrogen) atoms. The highest BCUT2D eigenvalue weighted by Gasteiger charge is 2.22. The van der Waals surface area contributed by atoms with E-state index in [1.807, 2.05) is 24.3 Å². The molecule has 0 atom stereocenters. The van der Waals surface area contributed by atoms with Gasteiger partial charge in [-0.25, -0.2) is 8.42 Å². The molecule has 1 N–H and O–H groups in total. The van der Waals surface area contributed by atoms with E-state index in [1.54, 1.807) is 0 Å². The Kier molecular flexibility index (Phi) is 6.72. The van der Waals surface area contributed by atoms with Crippen molar-refractivity contribution in [2.75, 3.05) is 23.7 Å². The van der Waals surface area contributed by atoms with E-state index in [0.29, 0.717) is 12.2 Å². The van der Waals surface area contributed by atoms with Crippen molar-refractivity contribution in [1.29, 1.82) is 0 Å². The van der Waals surface area contributed by atoms with Crippen LogP contribution in [0.15, 0.2) is 24.3 Å². The Bertz CT molecular complexity index is 700.